The minimum absolute atomic E-state index is 0.473. The lowest BCUT2D eigenvalue weighted by molar-refractivity contribution is -0.144. The number of hydrogen-bond acceptors (Lipinski definition) is 9. The van der Waals surface area contributed by atoms with E-state index in [4.69, 9.17) is 26.2 Å². The van der Waals surface area contributed by atoms with Gasteiger partial charge in [0.25, 0.3) is 0 Å². The van der Waals surface area contributed by atoms with E-state index in [2.05, 4.69) is 0 Å². The summed E-state index contributed by atoms with van der Waals surface area (Å²) >= 11 is 0. The SMILES string of the molecule is NC(CO)C(=O)NC(CC(=O)O)C(=O)NC(CO)C(=O)NC(CCC(=O)O)C(=O)O. The van der Waals surface area contributed by atoms with Crippen molar-refractivity contribution in [1.82, 2.24) is 16.0 Å². The Morgan fingerprint density at radius 1 is 0.700 bits per heavy atom. The third-order valence-electron chi connectivity index (χ3n) is 3.62. The second-order valence-corrected chi connectivity index (χ2v) is 6.02. The van der Waals surface area contributed by atoms with Crippen LogP contribution in [-0.4, -0.2) is 98.5 Å². The topological polar surface area (TPSA) is 266 Å². The molecule has 170 valence electrons. The van der Waals surface area contributed by atoms with Gasteiger partial charge in [0, 0.05) is 6.42 Å². The Hall–Kier alpha value is -3.30. The van der Waals surface area contributed by atoms with Gasteiger partial charge >= 0.3 is 17.9 Å². The maximum Gasteiger partial charge on any atom is 0.326 e. The molecule has 4 atom stereocenters. The molecule has 0 aromatic carbocycles. The van der Waals surface area contributed by atoms with E-state index in [0.29, 0.717) is 0 Å². The number of aliphatic carboxylic acids is 3. The Bertz CT molecular complexity index is 669. The molecule has 15 nitrogen and oxygen atoms in total. The predicted octanol–water partition coefficient (Wildman–Crippen LogP) is -4.82. The van der Waals surface area contributed by atoms with Crippen molar-refractivity contribution < 1.29 is 54.3 Å². The maximum absolute atomic E-state index is 12.3. The number of nitrogens with two attached hydrogens (primary N) is 1. The van der Waals surface area contributed by atoms with Gasteiger partial charge in [-0.2, -0.15) is 0 Å². The summed E-state index contributed by atoms with van der Waals surface area (Å²) in [5.74, 6) is -7.81. The molecule has 0 bridgehead atoms. The van der Waals surface area contributed by atoms with E-state index >= 15 is 0 Å². The number of nitrogens with one attached hydrogen (secondary N) is 3. The molecule has 0 aliphatic carbocycles. The molecule has 4 unspecified atom stereocenters. The van der Waals surface area contributed by atoms with Crippen LogP contribution in [0.25, 0.3) is 0 Å². The van der Waals surface area contributed by atoms with Crippen LogP contribution in [-0.2, 0) is 28.8 Å². The van der Waals surface area contributed by atoms with E-state index in [1.807, 2.05) is 16.0 Å². The van der Waals surface area contributed by atoms with Crippen LogP contribution in [0.1, 0.15) is 19.3 Å². The number of hydrogen-bond donors (Lipinski definition) is 9. The van der Waals surface area contributed by atoms with Crippen LogP contribution in [0.2, 0.25) is 0 Å². The fourth-order valence-corrected chi connectivity index (χ4v) is 2.01. The molecular weight excluding hydrogens is 412 g/mol. The van der Waals surface area contributed by atoms with Gasteiger partial charge in [0.05, 0.1) is 19.6 Å². The van der Waals surface area contributed by atoms with E-state index in [1.165, 1.54) is 0 Å². The van der Waals surface area contributed by atoms with E-state index in [1.54, 1.807) is 0 Å². The van der Waals surface area contributed by atoms with Gasteiger partial charge in [0.1, 0.15) is 24.2 Å². The number of aliphatic hydroxyl groups is 2. The van der Waals surface area contributed by atoms with Crippen molar-refractivity contribution in [1.29, 1.82) is 0 Å². The van der Waals surface area contributed by atoms with E-state index in [0.717, 1.165) is 0 Å². The molecule has 0 aromatic rings. The highest BCUT2D eigenvalue weighted by molar-refractivity contribution is 5.95. The van der Waals surface area contributed by atoms with Gasteiger partial charge < -0.3 is 47.2 Å². The van der Waals surface area contributed by atoms with Crippen LogP contribution in [0.5, 0.6) is 0 Å². The highest BCUT2D eigenvalue weighted by Gasteiger charge is 2.31. The average Bonchev–Trinajstić information content (AvgIpc) is 2.66. The zero-order chi connectivity index (χ0) is 23.4. The van der Waals surface area contributed by atoms with Gasteiger partial charge in [0.2, 0.25) is 17.7 Å². The molecule has 0 rings (SSSR count). The summed E-state index contributed by atoms with van der Waals surface area (Å²) < 4.78 is 0. The third-order valence-corrected chi connectivity index (χ3v) is 3.62. The van der Waals surface area contributed by atoms with Crippen LogP contribution in [0.4, 0.5) is 0 Å². The van der Waals surface area contributed by atoms with Crippen molar-refractivity contribution in [3.8, 4) is 0 Å². The molecule has 0 aliphatic heterocycles. The molecule has 30 heavy (non-hydrogen) atoms. The summed E-state index contributed by atoms with van der Waals surface area (Å²) in [6, 6.07) is -6.53. The lowest BCUT2D eigenvalue weighted by Gasteiger charge is -2.23. The fourth-order valence-electron chi connectivity index (χ4n) is 2.01. The molecule has 0 saturated carbocycles. The summed E-state index contributed by atoms with van der Waals surface area (Å²) in [7, 11) is 0. The highest BCUT2D eigenvalue weighted by atomic mass is 16.4. The summed E-state index contributed by atoms with van der Waals surface area (Å²) in [5, 5.41) is 50.5. The van der Waals surface area contributed by atoms with Crippen molar-refractivity contribution in [2.75, 3.05) is 13.2 Å². The summed E-state index contributed by atoms with van der Waals surface area (Å²) in [6.07, 6.45) is -1.98. The minimum atomic E-state index is -1.73. The first-order chi connectivity index (χ1) is 13.9. The Labute approximate surface area is 169 Å². The van der Waals surface area contributed by atoms with E-state index in [9.17, 15) is 33.9 Å². The fraction of sp³-hybridized carbons (Fsp3) is 0.600. The monoisotopic (exact) mass is 436 g/mol. The van der Waals surface area contributed by atoms with Crippen LogP contribution in [0, 0.1) is 0 Å². The number of amides is 3. The molecule has 10 N–H and O–H groups in total. The quantitative estimate of drug-likeness (QED) is 0.124. The van der Waals surface area contributed by atoms with Gasteiger partial charge in [-0.3, -0.25) is 24.0 Å². The zero-order valence-electron chi connectivity index (χ0n) is 15.6. The molecule has 0 heterocycles. The zero-order valence-corrected chi connectivity index (χ0v) is 15.6. The first kappa shape index (κ1) is 26.7. The van der Waals surface area contributed by atoms with Crippen molar-refractivity contribution in [2.24, 2.45) is 5.73 Å². The molecule has 0 spiro atoms. The molecule has 15 heteroatoms. The van der Waals surface area contributed by atoms with Crippen molar-refractivity contribution in [2.45, 2.75) is 43.4 Å². The maximum atomic E-state index is 12.3. The Morgan fingerprint density at radius 3 is 1.63 bits per heavy atom. The molecule has 0 aromatic heterocycles. The minimum Gasteiger partial charge on any atom is -0.481 e. The second kappa shape index (κ2) is 13.0. The van der Waals surface area contributed by atoms with E-state index < -0.39 is 92.3 Å². The van der Waals surface area contributed by atoms with Crippen molar-refractivity contribution in [3.05, 3.63) is 0 Å². The van der Waals surface area contributed by atoms with Gasteiger partial charge in [-0.05, 0) is 6.42 Å². The predicted molar refractivity (Wildman–Crippen MR) is 94.7 cm³/mol. The van der Waals surface area contributed by atoms with Crippen LogP contribution in [0.3, 0.4) is 0 Å². The first-order valence-corrected chi connectivity index (χ1v) is 8.47. The summed E-state index contributed by atoms with van der Waals surface area (Å²) in [4.78, 5) is 68.7. The Balaban J connectivity index is 5.20. The number of carboxylic acid groups (broad SMARTS) is 3. The third kappa shape index (κ3) is 9.76. The molecule has 0 aliphatic rings. The standard InChI is InChI=1S/C15H24N4O11/c16-6(4-20)12(26)18-8(3-11(24)25)13(27)19-9(5-21)14(28)17-7(15(29)30)1-2-10(22)23/h6-9,20-21H,1-5,16H2,(H,17,28)(H,18,26)(H,19,27)(H,22,23)(H,24,25)(H,29,30). The first-order valence-electron chi connectivity index (χ1n) is 8.47. The molecule has 0 saturated heterocycles. The number of carbonyl (C=O) groups excluding carboxylic acids is 3. The van der Waals surface area contributed by atoms with Crippen molar-refractivity contribution >= 4 is 35.6 Å². The number of carbonyl (C=O) groups is 6. The van der Waals surface area contributed by atoms with Crippen LogP contribution < -0.4 is 21.7 Å². The number of rotatable bonds is 14. The largest absolute Gasteiger partial charge is 0.481 e. The molecule has 0 radical (unpaired) electrons. The van der Waals surface area contributed by atoms with Gasteiger partial charge in [-0.15, -0.1) is 0 Å². The van der Waals surface area contributed by atoms with Gasteiger partial charge in [-0.1, -0.05) is 0 Å². The summed E-state index contributed by atoms with van der Waals surface area (Å²) in [6.45, 7) is -1.81. The normalized spacial score (nSPS) is 14.5. The lowest BCUT2D eigenvalue weighted by Crippen LogP contribution is -2.58. The highest BCUT2D eigenvalue weighted by Crippen LogP contribution is 2.01. The number of aliphatic hydroxyl groups excluding tert-OH is 2. The second-order valence-electron chi connectivity index (χ2n) is 6.02. The smallest absolute Gasteiger partial charge is 0.326 e. The summed E-state index contributed by atoms with van der Waals surface area (Å²) in [5.41, 5.74) is 5.26. The average molecular weight is 436 g/mol. The Kier molecular flexibility index (Phi) is 11.6. The Morgan fingerprint density at radius 2 is 1.20 bits per heavy atom. The van der Waals surface area contributed by atoms with Crippen LogP contribution >= 0.6 is 0 Å². The lowest BCUT2D eigenvalue weighted by atomic mass is 10.1. The van der Waals surface area contributed by atoms with Crippen molar-refractivity contribution in [3.63, 3.8) is 0 Å². The molecule has 0 fully saturated rings. The molecule has 3 amide bonds. The van der Waals surface area contributed by atoms with Crippen LogP contribution in [0.15, 0.2) is 0 Å². The van der Waals surface area contributed by atoms with E-state index in [-0.39, 0.29) is 0 Å². The van der Waals surface area contributed by atoms with Gasteiger partial charge in [-0.25, -0.2) is 4.79 Å². The van der Waals surface area contributed by atoms with Gasteiger partial charge in [0.15, 0.2) is 0 Å². The molecular formula is C15H24N4O11. The number of carboxylic acids is 3.